The second-order valence-corrected chi connectivity index (χ2v) is 6.24. The van der Waals surface area contributed by atoms with Crippen molar-refractivity contribution < 1.29 is 4.74 Å². The van der Waals surface area contributed by atoms with Gasteiger partial charge in [-0.3, -0.25) is 4.68 Å². The fraction of sp³-hybridized carbons (Fsp3) is 0.312. The molecule has 2 heterocycles. The summed E-state index contributed by atoms with van der Waals surface area (Å²) in [4.78, 5) is 0. The minimum atomic E-state index is 0.559. The highest BCUT2D eigenvalue weighted by molar-refractivity contribution is 7.99. The van der Waals surface area contributed by atoms with E-state index in [9.17, 15) is 0 Å². The molecule has 6 nitrogen and oxygen atoms in total. The molecule has 0 saturated heterocycles. The van der Waals surface area contributed by atoms with Crippen molar-refractivity contribution in [1.29, 1.82) is 0 Å². The van der Waals surface area contributed by atoms with Crippen molar-refractivity contribution in [3.05, 3.63) is 42.1 Å². The zero-order valence-electron chi connectivity index (χ0n) is 13.4. The molecule has 0 bridgehead atoms. The van der Waals surface area contributed by atoms with E-state index in [4.69, 9.17) is 4.74 Å². The molecular weight excluding hydrogens is 310 g/mol. The van der Waals surface area contributed by atoms with Gasteiger partial charge in [-0.05, 0) is 12.0 Å². The Bertz CT molecular complexity index is 781. The van der Waals surface area contributed by atoms with Crippen LogP contribution < -0.4 is 4.74 Å². The van der Waals surface area contributed by atoms with Gasteiger partial charge in [0.05, 0.1) is 7.11 Å². The van der Waals surface area contributed by atoms with Gasteiger partial charge in [-0.2, -0.15) is 0 Å². The lowest BCUT2D eigenvalue weighted by Gasteiger charge is -2.04. The van der Waals surface area contributed by atoms with Crippen molar-refractivity contribution >= 4 is 11.8 Å². The number of benzene rings is 1. The second-order valence-electron chi connectivity index (χ2n) is 5.17. The van der Waals surface area contributed by atoms with E-state index in [0.29, 0.717) is 5.88 Å². The molecule has 0 atom stereocenters. The summed E-state index contributed by atoms with van der Waals surface area (Å²) in [5.74, 6) is 2.28. The first kappa shape index (κ1) is 15.6. The summed E-state index contributed by atoms with van der Waals surface area (Å²) in [5.41, 5.74) is 2.18. The topological polar surface area (TPSA) is 57.8 Å². The number of thioether (sulfide) groups is 1. The minimum absolute atomic E-state index is 0.559. The van der Waals surface area contributed by atoms with Gasteiger partial charge in [-0.25, -0.2) is 0 Å². The molecule has 23 heavy (non-hydrogen) atoms. The maximum Gasteiger partial charge on any atom is 0.243 e. The third-order valence-corrected chi connectivity index (χ3v) is 4.55. The summed E-state index contributed by atoms with van der Waals surface area (Å²) in [7, 11) is 5.43. The van der Waals surface area contributed by atoms with E-state index in [0.717, 1.165) is 28.7 Å². The molecule has 0 aliphatic carbocycles. The van der Waals surface area contributed by atoms with Crippen molar-refractivity contribution in [3.8, 4) is 17.3 Å². The van der Waals surface area contributed by atoms with Crippen LogP contribution in [0.2, 0.25) is 0 Å². The third-order valence-electron chi connectivity index (χ3n) is 3.53. The summed E-state index contributed by atoms with van der Waals surface area (Å²) in [6.45, 7) is 0. The number of ether oxygens (including phenoxy) is 1. The predicted octanol–water partition coefficient (Wildman–Crippen LogP) is 2.56. The normalized spacial score (nSPS) is 10.9. The van der Waals surface area contributed by atoms with E-state index in [1.54, 1.807) is 23.6 Å². The monoisotopic (exact) mass is 329 g/mol. The Hall–Kier alpha value is -2.28. The van der Waals surface area contributed by atoms with Gasteiger partial charge in [0.1, 0.15) is 5.56 Å². The third kappa shape index (κ3) is 3.39. The highest BCUT2D eigenvalue weighted by atomic mass is 32.2. The zero-order valence-corrected chi connectivity index (χ0v) is 14.2. The molecule has 7 heteroatoms. The summed E-state index contributed by atoms with van der Waals surface area (Å²) in [6, 6.07) is 10.4. The maximum absolute atomic E-state index is 5.30. The van der Waals surface area contributed by atoms with Crippen LogP contribution in [-0.4, -0.2) is 37.4 Å². The van der Waals surface area contributed by atoms with E-state index in [1.807, 2.05) is 30.9 Å². The van der Waals surface area contributed by atoms with Gasteiger partial charge >= 0.3 is 0 Å². The Morgan fingerprint density at radius 1 is 1.13 bits per heavy atom. The molecule has 0 fully saturated rings. The lowest BCUT2D eigenvalue weighted by molar-refractivity contribution is 0.393. The molecule has 0 radical (unpaired) electrons. The van der Waals surface area contributed by atoms with Gasteiger partial charge in [-0.1, -0.05) is 42.1 Å². The van der Waals surface area contributed by atoms with Gasteiger partial charge in [0, 0.05) is 26.0 Å². The van der Waals surface area contributed by atoms with Gasteiger partial charge in [0.2, 0.25) is 5.88 Å². The SMILES string of the molecule is COc1nn(C)cc1-c1nnc(SCCc2ccccc2)n1C. The molecule has 1 aromatic carbocycles. The van der Waals surface area contributed by atoms with E-state index in [2.05, 4.69) is 39.6 Å². The molecule has 0 unspecified atom stereocenters. The largest absolute Gasteiger partial charge is 0.479 e. The minimum Gasteiger partial charge on any atom is -0.479 e. The molecule has 0 amide bonds. The average Bonchev–Trinajstić information content (AvgIpc) is 3.11. The summed E-state index contributed by atoms with van der Waals surface area (Å²) in [5, 5.41) is 13.7. The second kappa shape index (κ2) is 6.87. The Labute approximate surface area is 139 Å². The number of aromatic nitrogens is 5. The molecular formula is C16H19N5OS. The molecule has 0 N–H and O–H groups in total. The quantitative estimate of drug-likeness (QED) is 0.651. The maximum atomic E-state index is 5.30. The van der Waals surface area contributed by atoms with Crippen molar-refractivity contribution in [1.82, 2.24) is 24.5 Å². The van der Waals surface area contributed by atoms with Gasteiger partial charge in [-0.15, -0.1) is 15.3 Å². The highest BCUT2D eigenvalue weighted by Gasteiger charge is 2.18. The van der Waals surface area contributed by atoms with Gasteiger partial charge < -0.3 is 9.30 Å². The Morgan fingerprint density at radius 2 is 1.91 bits per heavy atom. The van der Waals surface area contributed by atoms with E-state index >= 15 is 0 Å². The predicted molar refractivity (Wildman–Crippen MR) is 90.6 cm³/mol. The molecule has 0 spiro atoms. The number of hydrogen-bond donors (Lipinski definition) is 0. The molecule has 3 rings (SSSR count). The van der Waals surface area contributed by atoms with E-state index in [-0.39, 0.29) is 0 Å². The lowest BCUT2D eigenvalue weighted by atomic mass is 10.2. The first-order valence-electron chi connectivity index (χ1n) is 7.33. The van der Waals surface area contributed by atoms with Crippen LogP contribution >= 0.6 is 11.8 Å². The first-order chi connectivity index (χ1) is 11.2. The molecule has 120 valence electrons. The lowest BCUT2D eigenvalue weighted by Crippen LogP contribution is -1.97. The van der Waals surface area contributed by atoms with Crippen molar-refractivity contribution in [2.45, 2.75) is 11.6 Å². The van der Waals surface area contributed by atoms with Crippen LogP contribution in [0.5, 0.6) is 5.88 Å². The summed E-state index contributed by atoms with van der Waals surface area (Å²) in [6.07, 6.45) is 2.89. The zero-order chi connectivity index (χ0) is 16.2. The fourth-order valence-corrected chi connectivity index (χ4v) is 3.25. The van der Waals surface area contributed by atoms with Crippen molar-refractivity contribution in [3.63, 3.8) is 0 Å². The number of aryl methyl sites for hydroxylation is 2. The number of nitrogens with zero attached hydrogens (tertiary/aromatic N) is 5. The standard InChI is InChI=1S/C16H19N5OS/c1-20-11-13(15(19-20)22-3)14-17-18-16(21(14)2)23-10-9-12-7-5-4-6-8-12/h4-8,11H,9-10H2,1-3H3. The molecule has 3 aromatic rings. The van der Waals surface area contributed by atoms with Gasteiger partial charge in [0.15, 0.2) is 11.0 Å². The number of methoxy groups -OCH3 is 1. The number of rotatable bonds is 6. The average molecular weight is 329 g/mol. The molecule has 2 aromatic heterocycles. The van der Waals surface area contributed by atoms with Crippen LogP contribution in [0, 0.1) is 0 Å². The van der Waals surface area contributed by atoms with Crippen LogP contribution in [0.3, 0.4) is 0 Å². The van der Waals surface area contributed by atoms with Gasteiger partial charge in [0.25, 0.3) is 0 Å². The smallest absolute Gasteiger partial charge is 0.243 e. The van der Waals surface area contributed by atoms with Crippen LogP contribution in [0.4, 0.5) is 0 Å². The van der Waals surface area contributed by atoms with Crippen LogP contribution in [0.25, 0.3) is 11.4 Å². The van der Waals surface area contributed by atoms with Crippen LogP contribution in [0.1, 0.15) is 5.56 Å². The molecule has 0 saturated carbocycles. The Morgan fingerprint density at radius 3 is 2.65 bits per heavy atom. The summed E-state index contributed by atoms with van der Waals surface area (Å²) >= 11 is 1.70. The number of hydrogen-bond acceptors (Lipinski definition) is 5. The first-order valence-corrected chi connectivity index (χ1v) is 8.31. The van der Waals surface area contributed by atoms with E-state index in [1.165, 1.54) is 5.56 Å². The summed E-state index contributed by atoms with van der Waals surface area (Å²) < 4.78 is 9.00. The van der Waals surface area contributed by atoms with Crippen molar-refractivity contribution in [2.75, 3.05) is 12.9 Å². The van der Waals surface area contributed by atoms with Crippen molar-refractivity contribution in [2.24, 2.45) is 14.1 Å². The molecule has 0 aliphatic heterocycles. The highest BCUT2D eigenvalue weighted by Crippen LogP contribution is 2.29. The van der Waals surface area contributed by atoms with E-state index < -0.39 is 0 Å². The fourth-order valence-electron chi connectivity index (χ4n) is 2.35. The van der Waals surface area contributed by atoms with Crippen LogP contribution in [0.15, 0.2) is 41.7 Å². The Balaban J connectivity index is 1.72. The van der Waals surface area contributed by atoms with Crippen LogP contribution in [-0.2, 0) is 20.5 Å². The Kier molecular flexibility index (Phi) is 4.66. The molecule has 0 aliphatic rings.